The van der Waals surface area contributed by atoms with Crippen LogP contribution in [0.2, 0.25) is 0 Å². The molecule has 0 saturated carbocycles. The number of carbonyl (C=O) groups is 2. The number of nitrogens with zero attached hydrogens (tertiary/aromatic N) is 1. The molecule has 6 nitrogen and oxygen atoms in total. The summed E-state index contributed by atoms with van der Waals surface area (Å²) in [5.41, 5.74) is 3.10. The minimum absolute atomic E-state index is 0.0606. The molecular weight excluding hydrogens is 272 g/mol. The smallest absolute Gasteiger partial charge is 0.336 e. The zero-order valence-corrected chi connectivity index (χ0v) is 10.9. The molecule has 0 bridgehead atoms. The number of hydrazone groups is 1. The van der Waals surface area contributed by atoms with Gasteiger partial charge in [0.25, 0.3) is 5.91 Å². The Labute approximate surface area is 120 Å². The molecule has 2 rings (SSSR count). The summed E-state index contributed by atoms with van der Waals surface area (Å²) in [6, 6.07) is 12.0. The highest BCUT2D eigenvalue weighted by atomic mass is 16.4. The number of phenols is 1. The summed E-state index contributed by atoms with van der Waals surface area (Å²) in [6.45, 7) is 0. The number of amides is 1. The lowest BCUT2D eigenvalue weighted by Gasteiger charge is -2.01. The average Bonchev–Trinajstić information content (AvgIpc) is 2.48. The number of hydrogen-bond acceptors (Lipinski definition) is 4. The molecule has 2 aromatic carbocycles. The summed E-state index contributed by atoms with van der Waals surface area (Å²) in [5, 5.41) is 21.9. The zero-order chi connectivity index (χ0) is 15.2. The lowest BCUT2D eigenvalue weighted by molar-refractivity contribution is 0.0696. The Balaban J connectivity index is 2.07. The number of benzene rings is 2. The molecule has 21 heavy (non-hydrogen) atoms. The van der Waals surface area contributed by atoms with E-state index in [-0.39, 0.29) is 11.3 Å². The Morgan fingerprint density at radius 3 is 2.38 bits per heavy atom. The van der Waals surface area contributed by atoms with E-state index in [2.05, 4.69) is 10.5 Å². The van der Waals surface area contributed by atoms with Gasteiger partial charge in [-0.15, -0.1) is 0 Å². The second kappa shape index (κ2) is 6.33. The predicted molar refractivity (Wildman–Crippen MR) is 76.6 cm³/mol. The summed E-state index contributed by atoms with van der Waals surface area (Å²) in [7, 11) is 0. The maximum absolute atomic E-state index is 11.7. The van der Waals surface area contributed by atoms with Crippen molar-refractivity contribution in [2.24, 2.45) is 5.10 Å². The van der Waals surface area contributed by atoms with Gasteiger partial charge in [0.05, 0.1) is 11.8 Å². The quantitative estimate of drug-likeness (QED) is 0.589. The molecule has 0 spiro atoms. The molecule has 0 aliphatic heterocycles. The van der Waals surface area contributed by atoms with Gasteiger partial charge in [-0.2, -0.15) is 5.10 Å². The number of carboxylic acid groups (broad SMARTS) is 1. The van der Waals surface area contributed by atoms with Crippen LogP contribution in [0.4, 0.5) is 0 Å². The molecule has 0 saturated heterocycles. The number of aromatic carboxylic acids is 1. The number of carboxylic acids is 1. The van der Waals surface area contributed by atoms with Gasteiger partial charge in [-0.25, -0.2) is 10.2 Å². The van der Waals surface area contributed by atoms with Crippen LogP contribution in [0.3, 0.4) is 0 Å². The van der Waals surface area contributed by atoms with Crippen LogP contribution in [-0.2, 0) is 0 Å². The van der Waals surface area contributed by atoms with Crippen molar-refractivity contribution < 1.29 is 19.8 Å². The summed E-state index contributed by atoms with van der Waals surface area (Å²) in [6.07, 6.45) is 1.27. The fourth-order valence-corrected chi connectivity index (χ4v) is 1.64. The van der Waals surface area contributed by atoms with E-state index in [1.807, 2.05) is 0 Å². The van der Waals surface area contributed by atoms with Crippen molar-refractivity contribution in [3.63, 3.8) is 0 Å². The molecule has 0 heterocycles. The van der Waals surface area contributed by atoms with Gasteiger partial charge in [-0.1, -0.05) is 18.2 Å². The van der Waals surface area contributed by atoms with Gasteiger partial charge < -0.3 is 10.2 Å². The predicted octanol–water partition coefficient (Wildman–Crippen LogP) is 1.85. The second-order valence-electron chi connectivity index (χ2n) is 4.14. The molecule has 1 amide bonds. The number of nitrogens with one attached hydrogen (secondary N) is 1. The highest BCUT2D eigenvalue weighted by Gasteiger charge is 2.07. The van der Waals surface area contributed by atoms with Gasteiger partial charge in [-0.3, -0.25) is 4.79 Å². The Hall–Kier alpha value is -3.15. The lowest BCUT2D eigenvalue weighted by atomic mass is 10.1. The topological polar surface area (TPSA) is 99.0 Å². The Bertz CT molecular complexity index is 693. The zero-order valence-electron chi connectivity index (χ0n) is 10.9. The van der Waals surface area contributed by atoms with Gasteiger partial charge in [0, 0.05) is 11.1 Å². The largest absolute Gasteiger partial charge is 0.508 e. The highest BCUT2D eigenvalue weighted by molar-refractivity contribution is 5.99. The first-order chi connectivity index (χ1) is 10.1. The van der Waals surface area contributed by atoms with E-state index in [1.165, 1.54) is 36.5 Å². The van der Waals surface area contributed by atoms with Crippen LogP contribution in [0, 0.1) is 0 Å². The fraction of sp³-hybridized carbons (Fsp3) is 0. The van der Waals surface area contributed by atoms with Gasteiger partial charge in [-0.05, 0) is 30.3 Å². The SMILES string of the molecule is O=C(N/N=C/c1ccccc1C(=O)O)c1ccc(O)cc1. The standard InChI is InChI=1S/C15H12N2O4/c18-12-7-5-10(6-8-12)14(19)17-16-9-11-3-1-2-4-13(11)15(20)21/h1-9,18H,(H,17,19)(H,20,21)/b16-9+. The maximum atomic E-state index is 11.7. The van der Waals surface area contributed by atoms with Crippen LogP contribution in [0.1, 0.15) is 26.3 Å². The lowest BCUT2D eigenvalue weighted by Crippen LogP contribution is -2.17. The third-order valence-corrected chi connectivity index (χ3v) is 2.69. The van der Waals surface area contributed by atoms with Crippen molar-refractivity contribution in [1.82, 2.24) is 5.43 Å². The number of phenolic OH excluding ortho intramolecular Hbond substituents is 1. The summed E-state index contributed by atoms with van der Waals surface area (Å²) < 4.78 is 0. The van der Waals surface area contributed by atoms with Crippen molar-refractivity contribution in [3.05, 3.63) is 65.2 Å². The summed E-state index contributed by atoms with van der Waals surface area (Å²) in [4.78, 5) is 22.7. The monoisotopic (exact) mass is 284 g/mol. The third-order valence-electron chi connectivity index (χ3n) is 2.69. The van der Waals surface area contributed by atoms with Crippen molar-refractivity contribution >= 4 is 18.1 Å². The van der Waals surface area contributed by atoms with Crippen LogP contribution < -0.4 is 5.43 Å². The fourth-order valence-electron chi connectivity index (χ4n) is 1.64. The van der Waals surface area contributed by atoms with E-state index >= 15 is 0 Å². The molecule has 0 fully saturated rings. The van der Waals surface area contributed by atoms with Crippen LogP contribution in [0.5, 0.6) is 5.75 Å². The van der Waals surface area contributed by atoms with E-state index in [0.717, 1.165) is 0 Å². The Kier molecular flexibility index (Phi) is 4.30. The molecule has 0 aliphatic rings. The van der Waals surface area contributed by atoms with Crippen LogP contribution in [0.25, 0.3) is 0 Å². The summed E-state index contributed by atoms with van der Waals surface area (Å²) in [5.74, 6) is -1.47. The Morgan fingerprint density at radius 2 is 1.71 bits per heavy atom. The molecule has 106 valence electrons. The van der Waals surface area contributed by atoms with Crippen molar-refractivity contribution in [2.75, 3.05) is 0 Å². The third kappa shape index (κ3) is 3.66. The molecule has 3 N–H and O–H groups in total. The number of rotatable bonds is 4. The van der Waals surface area contributed by atoms with Crippen LogP contribution >= 0.6 is 0 Å². The first kappa shape index (κ1) is 14.3. The van der Waals surface area contributed by atoms with Gasteiger partial charge in [0.15, 0.2) is 0 Å². The van der Waals surface area contributed by atoms with E-state index in [9.17, 15) is 9.59 Å². The minimum Gasteiger partial charge on any atom is -0.508 e. The number of carbonyl (C=O) groups excluding carboxylic acids is 1. The van der Waals surface area contributed by atoms with Crippen molar-refractivity contribution in [3.8, 4) is 5.75 Å². The van der Waals surface area contributed by atoms with Crippen LogP contribution in [-0.4, -0.2) is 28.3 Å². The van der Waals surface area contributed by atoms with E-state index in [1.54, 1.807) is 18.2 Å². The molecule has 0 aliphatic carbocycles. The normalized spacial score (nSPS) is 10.5. The van der Waals surface area contributed by atoms with Gasteiger partial charge in [0.1, 0.15) is 5.75 Å². The number of hydrogen-bond donors (Lipinski definition) is 3. The van der Waals surface area contributed by atoms with E-state index in [0.29, 0.717) is 11.1 Å². The van der Waals surface area contributed by atoms with E-state index < -0.39 is 11.9 Å². The van der Waals surface area contributed by atoms with Crippen molar-refractivity contribution in [1.29, 1.82) is 0 Å². The minimum atomic E-state index is -1.07. The molecular formula is C15H12N2O4. The highest BCUT2D eigenvalue weighted by Crippen LogP contribution is 2.09. The molecule has 2 aromatic rings. The molecule has 0 unspecified atom stereocenters. The second-order valence-corrected chi connectivity index (χ2v) is 4.14. The van der Waals surface area contributed by atoms with Crippen molar-refractivity contribution in [2.45, 2.75) is 0 Å². The molecule has 6 heteroatoms. The maximum Gasteiger partial charge on any atom is 0.336 e. The molecule has 0 aromatic heterocycles. The van der Waals surface area contributed by atoms with Gasteiger partial charge >= 0.3 is 5.97 Å². The first-order valence-corrected chi connectivity index (χ1v) is 6.02. The Morgan fingerprint density at radius 1 is 1.05 bits per heavy atom. The molecule has 0 atom stereocenters. The summed E-state index contributed by atoms with van der Waals surface area (Å²) >= 11 is 0. The number of aromatic hydroxyl groups is 1. The molecule has 0 radical (unpaired) electrons. The average molecular weight is 284 g/mol. The van der Waals surface area contributed by atoms with Crippen LogP contribution in [0.15, 0.2) is 53.6 Å². The van der Waals surface area contributed by atoms with E-state index in [4.69, 9.17) is 10.2 Å². The first-order valence-electron chi connectivity index (χ1n) is 6.02. The van der Waals surface area contributed by atoms with Gasteiger partial charge in [0.2, 0.25) is 0 Å².